The molecule has 0 unspecified atom stereocenters. The zero-order valence-electron chi connectivity index (χ0n) is 17.9. The van der Waals surface area contributed by atoms with Gasteiger partial charge in [0.05, 0.1) is 24.4 Å². The van der Waals surface area contributed by atoms with Crippen LogP contribution in [0.5, 0.6) is 0 Å². The molecule has 1 aromatic heterocycles. The van der Waals surface area contributed by atoms with Crippen molar-refractivity contribution < 1.29 is 9.53 Å². The molecular formula is C29H23NO2. The summed E-state index contributed by atoms with van der Waals surface area (Å²) in [4.78, 5) is 17.7. The lowest BCUT2D eigenvalue weighted by Crippen LogP contribution is -2.10. The maximum atomic E-state index is 12.5. The molecule has 3 nitrogen and oxygen atoms in total. The highest BCUT2D eigenvalue weighted by molar-refractivity contribution is 6.06. The Morgan fingerprint density at radius 2 is 1.38 bits per heavy atom. The standard InChI is InChI=1S/C29H23NO2/c1-2-32-27(31)19-26-23-16-8-9-17-25(23)29(30-28(26)21-12-4-3-5-13-21)24-18-10-14-20-11-6-7-15-22(20)24/h3-18H,2,19H2,1H3. The summed E-state index contributed by atoms with van der Waals surface area (Å²) in [6, 6.07) is 32.9. The number of nitrogens with zero attached hydrogens (tertiary/aromatic N) is 1. The van der Waals surface area contributed by atoms with Crippen molar-refractivity contribution in [2.45, 2.75) is 13.3 Å². The Morgan fingerprint density at radius 1 is 0.719 bits per heavy atom. The first-order valence-electron chi connectivity index (χ1n) is 10.9. The zero-order chi connectivity index (χ0) is 21.9. The Bertz CT molecular complexity index is 1420. The highest BCUT2D eigenvalue weighted by Gasteiger charge is 2.20. The average Bonchev–Trinajstić information content (AvgIpc) is 2.84. The van der Waals surface area contributed by atoms with Gasteiger partial charge in [-0.15, -0.1) is 0 Å². The summed E-state index contributed by atoms with van der Waals surface area (Å²) in [6.45, 7) is 2.19. The molecule has 0 aliphatic carbocycles. The molecule has 0 spiro atoms. The van der Waals surface area contributed by atoms with Gasteiger partial charge >= 0.3 is 5.97 Å². The third kappa shape index (κ3) is 3.63. The lowest BCUT2D eigenvalue weighted by Gasteiger charge is -2.17. The minimum absolute atomic E-state index is 0.182. The second-order valence-corrected chi connectivity index (χ2v) is 7.71. The third-order valence-electron chi connectivity index (χ3n) is 5.74. The van der Waals surface area contributed by atoms with E-state index in [4.69, 9.17) is 9.72 Å². The second kappa shape index (κ2) is 8.64. The topological polar surface area (TPSA) is 39.2 Å². The van der Waals surface area contributed by atoms with Crippen LogP contribution in [0, 0.1) is 0 Å². The summed E-state index contributed by atoms with van der Waals surface area (Å²) in [5.74, 6) is -0.241. The molecular weight excluding hydrogens is 394 g/mol. The lowest BCUT2D eigenvalue weighted by atomic mass is 9.92. The number of hydrogen-bond donors (Lipinski definition) is 0. The van der Waals surface area contributed by atoms with Crippen LogP contribution < -0.4 is 0 Å². The van der Waals surface area contributed by atoms with Crippen LogP contribution in [-0.2, 0) is 16.0 Å². The molecule has 3 heteroatoms. The molecule has 0 radical (unpaired) electrons. The predicted octanol–water partition coefficient (Wildman–Crippen LogP) is 6.83. The second-order valence-electron chi connectivity index (χ2n) is 7.71. The van der Waals surface area contributed by atoms with Crippen LogP contribution >= 0.6 is 0 Å². The van der Waals surface area contributed by atoms with Gasteiger partial charge in [-0.05, 0) is 28.6 Å². The van der Waals surface area contributed by atoms with Gasteiger partial charge in [0, 0.05) is 16.5 Å². The molecule has 0 amide bonds. The smallest absolute Gasteiger partial charge is 0.310 e. The molecule has 5 aromatic rings. The van der Waals surface area contributed by atoms with E-state index in [1.165, 1.54) is 5.39 Å². The summed E-state index contributed by atoms with van der Waals surface area (Å²) in [5.41, 5.74) is 4.71. The summed E-state index contributed by atoms with van der Waals surface area (Å²) < 4.78 is 5.29. The van der Waals surface area contributed by atoms with Gasteiger partial charge in [0.2, 0.25) is 0 Å². The van der Waals surface area contributed by atoms with Gasteiger partial charge in [0.25, 0.3) is 0 Å². The van der Waals surface area contributed by atoms with E-state index in [1.807, 2.05) is 49.4 Å². The quantitative estimate of drug-likeness (QED) is 0.294. The van der Waals surface area contributed by atoms with Gasteiger partial charge in [-0.3, -0.25) is 4.79 Å². The number of hydrogen-bond acceptors (Lipinski definition) is 3. The molecule has 0 fully saturated rings. The first kappa shape index (κ1) is 20.0. The fourth-order valence-corrected chi connectivity index (χ4v) is 4.33. The third-order valence-corrected chi connectivity index (χ3v) is 5.74. The molecule has 5 rings (SSSR count). The van der Waals surface area contributed by atoms with Crippen LogP contribution in [0.1, 0.15) is 12.5 Å². The minimum Gasteiger partial charge on any atom is -0.466 e. The summed E-state index contributed by atoms with van der Waals surface area (Å²) >= 11 is 0. The van der Waals surface area contributed by atoms with E-state index in [9.17, 15) is 4.79 Å². The number of carbonyl (C=O) groups is 1. The van der Waals surface area contributed by atoms with Gasteiger partial charge in [-0.1, -0.05) is 97.1 Å². The van der Waals surface area contributed by atoms with Crippen molar-refractivity contribution >= 4 is 27.5 Å². The van der Waals surface area contributed by atoms with Gasteiger partial charge in [-0.25, -0.2) is 4.98 Å². The molecule has 0 saturated carbocycles. The molecule has 1 heterocycles. The molecule has 0 aliphatic heterocycles. The fourth-order valence-electron chi connectivity index (χ4n) is 4.33. The van der Waals surface area contributed by atoms with E-state index in [-0.39, 0.29) is 12.4 Å². The highest BCUT2D eigenvalue weighted by Crippen LogP contribution is 2.38. The maximum absolute atomic E-state index is 12.5. The number of rotatable bonds is 5. The monoisotopic (exact) mass is 417 g/mol. The van der Waals surface area contributed by atoms with E-state index in [0.29, 0.717) is 6.61 Å². The number of pyridine rings is 1. The van der Waals surface area contributed by atoms with Crippen LogP contribution in [-0.4, -0.2) is 17.6 Å². The van der Waals surface area contributed by atoms with Crippen molar-refractivity contribution in [1.29, 1.82) is 0 Å². The molecule has 0 saturated heterocycles. The van der Waals surface area contributed by atoms with Crippen molar-refractivity contribution in [3.63, 3.8) is 0 Å². The Labute approximate surface area is 187 Å². The largest absolute Gasteiger partial charge is 0.466 e. The van der Waals surface area contributed by atoms with E-state index < -0.39 is 0 Å². The average molecular weight is 418 g/mol. The van der Waals surface area contributed by atoms with Crippen molar-refractivity contribution in [2.24, 2.45) is 0 Å². The molecule has 32 heavy (non-hydrogen) atoms. The number of benzene rings is 4. The SMILES string of the molecule is CCOC(=O)Cc1c(-c2ccccc2)nc(-c2cccc3ccccc23)c2ccccc12. The first-order chi connectivity index (χ1) is 15.8. The number of fused-ring (bicyclic) bond motifs is 2. The summed E-state index contributed by atoms with van der Waals surface area (Å²) in [5, 5.41) is 4.39. The van der Waals surface area contributed by atoms with Gasteiger partial charge in [0.15, 0.2) is 0 Å². The van der Waals surface area contributed by atoms with Crippen LogP contribution in [0.25, 0.3) is 44.1 Å². The van der Waals surface area contributed by atoms with Crippen molar-refractivity contribution in [2.75, 3.05) is 6.61 Å². The fraction of sp³-hybridized carbons (Fsp3) is 0.103. The molecule has 156 valence electrons. The molecule has 4 aromatic carbocycles. The van der Waals surface area contributed by atoms with E-state index in [0.717, 1.165) is 44.2 Å². The molecule has 0 N–H and O–H groups in total. The number of aromatic nitrogens is 1. The Hall–Kier alpha value is -3.98. The summed E-state index contributed by atoms with van der Waals surface area (Å²) in [6.07, 6.45) is 0.182. The van der Waals surface area contributed by atoms with Gasteiger partial charge < -0.3 is 4.74 Å². The van der Waals surface area contributed by atoms with Crippen molar-refractivity contribution in [1.82, 2.24) is 4.98 Å². The van der Waals surface area contributed by atoms with Crippen molar-refractivity contribution in [3.05, 3.63) is 103 Å². The molecule has 0 bridgehead atoms. The van der Waals surface area contributed by atoms with Crippen LogP contribution in [0.2, 0.25) is 0 Å². The summed E-state index contributed by atoms with van der Waals surface area (Å²) in [7, 11) is 0. The Balaban J connectivity index is 1.85. The Morgan fingerprint density at radius 3 is 2.16 bits per heavy atom. The highest BCUT2D eigenvalue weighted by atomic mass is 16.5. The van der Waals surface area contributed by atoms with Crippen LogP contribution in [0.3, 0.4) is 0 Å². The number of esters is 1. The minimum atomic E-state index is -0.241. The maximum Gasteiger partial charge on any atom is 0.310 e. The van der Waals surface area contributed by atoms with Crippen molar-refractivity contribution in [3.8, 4) is 22.5 Å². The predicted molar refractivity (Wildman–Crippen MR) is 130 cm³/mol. The first-order valence-corrected chi connectivity index (χ1v) is 10.9. The van der Waals surface area contributed by atoms with Gasteiger partial charge in [0.1, 0.15) is 0 Å². The van der Waals surface area contributed by atoms with Crippen LogP contribution in [0.4, 0.5) is 0 Å². The molecule has 0 atom stereocenters. The normalized spacial score (nSPS) is 11.0. The molecule has 0 aliphatic rings. The number of ether oxygens (including phenoxy) is 1. The van der Waals surface area contributed by atoms with E-state index >= 15 is 0 Å². The lowest BCUT2D eigenvalue weighted by molar-refractivity contribution is -0.142. The van der Waals surface area contributed by atoms with Gasteiger partial charge in [-0.2, -0.15) is 0 Å². The van der Waals surface area contributed by atoms with E-state index in [2.05, 4.69) is 54.6 Å². The Kier molecular flexibility index (Phi) is 5.39. The number of carbonyl (C=O) groups excluding carboxylic acids is 1. The zero-order valence-corrected chi connectivity index (χ0v) is 17.9. The van der Waals surface area contributed by atoms with Crippen LogP contribution in [0.15, 0.2) is 97.1 Å². The van der Waals surface area contributed by atoms with E-state index in [1.54, 1.807) is 0 Å².